The van der Waals surface area contributed by atoms with Crippen LogP contribution < -0.4 is 0 Å². The summed E-state index contributed by atoms with van der Waals surface area (Å²) < 4.78 is 2.03. The van der Waals surface area contributed by atoms with Crippen LogP contribution in [0.2, 0.25) is 0 Å². The molecule has 0 aliphatic heterocycles. The zero-order valence-corrected chi connectivity index (χ0v) is 10.1. The maximum absolute atomic E-state index is 5.88. The zero-order chi connectivity index (χ0) is 10.6. The van der Waals surface area contributed by atoms with E-state index in [0.717, 1.165) is 18.7 Å². The van der Waals surface area contributed by atoms with E-state index in [4.69, 9.17) is 23.2 Å². The van der Waals surface area contributed by atoms with Gasteiger partial charge in [0.05, 0.1) is 0 Å². The van der Waals surface area contributed by atoms with Gasteiger partial charge >= 0.3 is 0 Å². The van der Waals surface area contributed by atoms with Crippen molar-refractivity contribution in [2.45, 2.75) is 19.8 Å². The van der Waals surface area contributed by atoms with Crippen molar-refractivity contribution in [1.82, 2.24) is 9.55 Å². The van der Waals surface area contributed by atoms with Crippen molar-refractivity contribution >= 4 is 23.2 Å². The lowest BCUT2D eigenvalue weighted by Crippen LogP contribution is -2.22. The number of alkyl halides is 2. The van der Waals surface area contributed by atoms with E-state index in [-0.39, 0.29) is 5.41 Å². The number of aromatic nitrogens is 2. The van der Waals surface area contributed by atoms with Crippen molar-refractivity contribution < 1.29 is 0 Å². The van der Waals surface area contributed by atoms with Crippen LogP contribution in [-0.2, 0) is 13.5 Å². The van der Waals surface area contributed by atoms with Gasteiger partial charge in [0.2, 0.25) is 0 Å². The van der Waals surface area contributed by atoms with Crippen molar-refractivity contribution in [3.63, 3.8) is 0 Å². The molecule has 0 saturated carbocycles. The molecule has 0 unspecified atom stereocenters. The topological polar surface area (TPSA) is 17.8 Å². The lowest BCUT2D eigenvalue weighted by atomic mass is 9.90. The molecule has 0 saturated heterocycles. The lowest BCUT2D eigenvalue weighted by molar-refractivity contribution is 0.385. The molecule has 1 aromatic heterocycles. The molecule has 0 fully saturated rings. The van der Waals surface area contributed by atoms with Crippen molar-refractivity contribution in [2.24, 2.45) is 12.5 Å². The fraction of sp³-hybridized carbons (Fsp3) is 0.700. The van der Waals surface area contributed by atoms with Gasteiger partial charge in [0.25, 0.3) is 0 Å². The molecule has 0 amide bonds. The third-order valence-corrected chi connectivity index (χ3v) is 3.81. The molecule has 0 aliphatic rings. The summed E-state index contributed by atoms with van der Waals surface area (Å²) in [4.78, 5) is 4.26. The summed E-state index contributed by atoms with van der Waals surface area (Å²) in [7, 11) is 2.00. The molecule has 2 nitrogen and oxygen atoms in total. The van der Waals surface area contributed by atoms with Gasteiger partial charge < -0.3 is 4.57 Å². The van der Waals surface area contributed by atoms with Crippen LogP contribution in [0.15, 0.2) is 12.4 Å². The van der Waals surface area contributed by atoms with Crippen molar-refractivity contribution in [3.8, 4) is 0 Å². The molecular formula is C10H16Cl2N2. The minimum absolute atomic E-state index is 0.0229. The van der Waals surface area contributed by atoms with Gasteiger partial charge in [-0.2, -0.15) is 0 Å². The zero-order valence-electron chi connectivity index (χ0n) is 8.63. The number of hydrogen-bond donors (Lipinski definition) is 0. The number of rotatable bonds is 5. The van der Waals surface area contributed by atoms with Gasteiger partial charge in [0, 0.05) is 37.6 Å². The molecule has 14 heavy (non-hydrogen) atoms. The Balaban J connectivity index is 2.52. The molecule has 0 spiro atoms. The molecule has 1 aromatic rings. The molecule has 4 heteroatoms. The number of hydrogen-bond acceptors (Lipinski definition) is 1. The first-order valence-electron chi connectivity index (χ1n) is 4.69. The number of imidazole rings is 1. The quantitative estimate of drug-likeness (QED) is 0.717. The van der Waals surface area contributed by atoms with Crippen molar-refractivity contribution in [1.29, 1.82) is 0 Å². The van der Waals surface area contributed by atoms with Gasteiger partial charge in [-0.15, -0.1) is 23.2 Å². The van der Waals surface area contributed by atoms with Crippen LogP contribution in [-0.4, -0.2) is 21.3 Å². The normalized spacial score (nSPS) is 12.0. The Morgan fingerprint density at radius 3 is 2.50 bits per heavy atom. The van der Waals surface area contributed by atoms with Crippen LogP contribution in [0.1, 0.15) is 19.2 Å². The molecule has 0 atom stereocenters. The second kappa shape index (κ2) is 5.04. The lowest BCUT2D eigenvalue weighted by Gasteiger charge is -2.23. The molecule has 0 N–H and O–H groups in total. The van der Waals surface area contributed by atoms with E-state index < -0.39 is 0 Å². The van der Waals surface area contributed by atoms with E-state index in [9.17, 15) is 0 Å². The monoisotopic (exact) mass is 234 g/mol. The van der Waals surface area contributed by atoms with Gasteiger partial charge in [-0.25, -0.2) is 4.98 Å². The Bertz CT molecular complexity index is 279. The van der Waals surface area contributed by atoms with Gasteiger partial charge in [-0.1, -0.05) is 6.92 Å². The molecule has 0 bridgehead atoms. The van der Waals surface area contributed by atoms with Crippen LogP contribution in [0.4, 0.5) is 0 Å². The van der Waals surface area contributed by atoms with E-state index in [1.54, 1.807) is 0 Å². The number of halogens is 2. The summed E-state index contributed by atoms with van der Waals surface area (Å²) in [6.07, 6.45) is 5.67. The van der Waals surface area contributed by atoms with E-state index in [2.05, 4.69) is 11.9 Å². The summed E-state index contributed by atoms with van der Waals surface area (Å²) in [5, 5.41) is 0. The fourth-order valence-corrected chi connectivity index (χ4v) is 1.77. The molecule has 1 rings (SSSR count). The standard InChI is InChI=1S/C10H16Cl2N2/c1-10(7-11,8-12)4-3-9-13-5-6-14(9)2/h5-6H,3-4,7-8H2,1-2H3. The molecule has 0 aliphatic carbocycles. The second-order valence-corrected chi connectivity index (χ2v) is 4.57. The van der Waals surface area contributed by atoms with Crippen LogP contribution >= 0.6 is 23.2 Å². The maximum atomic E-state index is 5.88. The highest BCUT2D eigenvalue weighted by Crippen LogP contribution is 2.26. The minimum atomic E-state index is 0.0229. The van der Waals surface area contributed by atoms with Gasteiger partial charge in [0.1, 0.15) is 5.82 Å². The van der Waals surface area contributed by atoms with Crippen molar-refractivity contribution in [3.05, 3.63) is 18.2 Å². The summed E-state index contributed by atoms with van der Waals surface area (Å²) in [6, 6.07) is 0. The summed E-state index contributed by atoms with van der Waals surface area (Å²) >= 11 is 11.8. The Kier molecular flexibility index (Phi) is 4.27. The Morgan fingerprint density at radius 2 is 2.07 bits per heavy atom. The van der Waals surface area contributed by atoms with E-state index >= 15 is 0 Å². The molecule has 0 aromatic carbocycles. The summed E-state index contributed by atoms with van der Waals surface area (Å²) in [5.41, 5.74) is 0.0229. The molecule has 0 radical (unpaired) electrons. The molecule has 1 heterocycles. The van der Waals surface area contributed by atoms with E-state index in [1.165, 1.54) is 0 Å². The SMILES string of the molecule is Cn1ccnc1CCC(C)(CCl)CCl. The third-order valence-electron chi connectivity index (χ3n) is 2.52. The molecule has 80 valence electrons. The van der Waals surface area contributed by atoms with Gasteiger partial charge in [0.15, 0.2) is 0 Å². The average Bonchev–Trinajstić information content (AvgIpc) is 2.61. The van der Waals surface area contributed by atoms with Crippen LogP contribution in [0.25, 0.3) is 0 Å². The first kappa shape index (κ1) is 11.9. The van der Waals surface area contributed by atoms with E-state index in [1.807, 2.05) is 24.0 Å². The highest BCUT2D eigenvalue weighted by atomic mass is 35.5. The van der Waals surface area contributed by atoms with Crippen LogP contribution in [0.5, 0.6) is 0 Å². The summed E-state index contributed by atoms with van der Waals surface area (Å²) in [6.45, 7) is 2.11. The van der Waals surface area contributed by atoms with Crippen LogP contribution in [0.3, 0.4) is 0 Å². The Hall–Kier alpha value is -0.210. The highest BCUT2D eigenvalue weighted by Gasteiger charge is 2.22. The number of aryl methyl sites for hydroxylation is 2. The second-order valence-electron chi connectivity index (χ2n) is 4.03. The predicted molar refractivity (Wildman–Crippen MR) is 61.1 cm³/mol. The minimum Gasteiger partial charge on any atom is -0.338 e. The largest absolute Gasteiger partial charge is 0.338 e. The van der Waals surface area contributed by atoms with E-state index in [0.29, 0.717) is 11.8 Å². The average molecular weight is 235 g/mol. The van der Waals surface area contributed by atoms with Crippen LogP contribution in [0, 0.1) is 5.41 Å². The van der Waals surface area contributed by atoms with Gasteiger partial charge in [-0.05, 0) is 11.8 Å². The smallest absolute Gasteiger partial charge is 0.108 e. The van der Waals surface area contributed by atoms with Crippen molar-refractivity contribution in [2.75, 3.05) is 11.8 Å². The van der Waals surface area contributed by atoms with Gasteiger partial charge in [-0.3, -0.25) is 0 Å². The molecular weight excluding hydrogens is 219 g/mol. The maximum Gasteiger partial charge on any atom is 0.108 e. The highest BCUT2D eigenvalue weighted by molar-refractivity contribution is 6.21. The number of nitrogens with zero attached hydrogens (tertiary/aromatic N) is 2. The summed E-state index contributed by atoms with van der Waals surface area (Å²) in [5.74, 6) is 2.29. The Labute approximate surface area is 95.2 Å². The third kappa shape index (κ3) is 2.89. The Morgan fingerprint density at radius 1 is 1.43 bits per heavy atom. The first-order valence-corrected chi connectivity index (χ1v) is 5.76. The first-order chi connectivity index (χ1) is 6.61. The predicted octanol–water partition coefficient (Wildman–Crippen LogP) is 2.84. The fourth-order valence-electron chi connectivity index (χ4n) is 1.22.